The first-order chi connectivity index (χ1) is 14.4. The molecular formula is C21H31BClN4O3. The van der Waals surface area contributed by atoms with Gasteiger partial charge in [0.2, 0.25) is 0 Å². The maximum Gasteiger partial charge on any atom is 0.486 e. The standard InChI is InChI=1S/C21H31BClN4O3/c23-21-11-8-20(9-12-21,10-13-21)16-6-4-15(5-7-16)18(28)27-17(30-22-29)3-1-2-14-26-19(24)25/h4-7,17,29H,1-3,8-14H2,(H,27,28)(H4,24,25,26)/t17-,20?,21?/m1/s1. The summed E-state index contributed by atoms with van der Waals surface area (Å²) in [4.78, 5) is 16.6. The van der Waals surface area contributed by atoms with E-state index in [-0.39, 0.29) is 22.2 Å². The van der Waals surface area contributed by atoms with E-state index in [1.165, 1.54) is 5.56 Å². The van der Waals surface area contributed by atoms with E-state index in [0.29, 0.717) is 26.2 Å². The van der Waals surface area contributed by atoms with Crippen molar-refractivity contribution in [1.29, 1.82) is 0 Å². The molecule has 4 rings (SSSR count). The number of hydrogen-bond donors (Lipinski definition) is 4. The lowest BCUT2D eigenvalue weighted by atomic mass is 9.57. The minimum Gasteiger partial charge on any atom is -0.429 e. The van der Waals surface area contributed by atoms with Crippen LogP contribution in [0.4, 0.5) is 0 Å². The van der Waals surface area contributed by atoms with Gasteiger partial charge in [-0.05, 0) is 80.9 Å². The molecule has 1 atom stereocenters. The summed E-state index contributed by atoms with van der Waals surface area (Å²) in [5.41, 5.74) is 12.7. The molecule has 0 heterocycles. The zero-order valence-corrected chi connectivity index (χ0v) is 18.0. The van der Waals surface area contributed by atoms with Crippen LogP contribution in [0.25, 0.3) is 0 Å². The first-order valence-corrected chi connectivity index (χ1v) is 11.0. The maximum absolute atomic E-state index is 12.6. The van der Waals surface area contributed by atoms with E-state index in [9.17, 15) is 4.79 Å². The Balaban J connectivity index is 1.54. The normalized spacial score (nSPS) is 26.1. The Kier molecular flexibility index (Phi) is 7.66. The molecule has 3 aliphatic rings. The van der Waals surface area contributed by atoms with Crippen LogP contribution in [-0.2, 0) is 10.1 Å². The van der Waals surface area contributed by atoms with Crippen LogP contribution < -0.4 is 16.8 Å². The Labute approximate surface area is 183 Å². The van der Waals surface area contributed by atoms with Gasteiger partial charge in [0.25, 0.3) is 5.91 Å². The third kappa shape index (κ3) is 5.68. The molecule has 3 saturated carbocycles. The average molecular weight is 434 g/mol. The lowest BCUT2D eigenvalue weighted by Crippen LogP contribution is -2.45. The molecule has 0 spiro atoms. The molecule has 0 unspecified atom stereocenters. The Morgan fingerprint density at radius 1 is 1.17 bits per heavy atom. The van der Waals surface area contributed by atoms with Gasteiger partial charge in [0.05, 0.1) is 0 Å². The SMILES string of the molecule is NC(N)=NCCCC[C@H](NC(=O)c1ccc(C23CCC(Cl)(CC2)CC3)cc1)O[B]O. The van der Waals surface area contributed by atoms with Crippen molar-refractivity contribution in [2.75, 3.05) is 6.54 Å². The molecule has 3 aliphatic carbocycles. The molecule has 0 aliphatic heterocycles. The number of unbranched alkanes of at least 4 members (excludes halogenated alkanes) is 1. The first kappa shape index (κ1) is 22.9. The summed E-state index contributed by atoms with van der Waals surface area (Å²) in [7, 11) is 0.603. The summed E-state index contributed by atoms with van der Waals surface area (Å²) in [6, 6.07) is 7.89. The van der Waals surface area contributed by atoms with Crippen molar-refractivity contribution in [1.82, 2.24) is 5.32 Å². The molecule has 3 fully saturated rings. The molecule has 0 saturated heterocycles. The molecule has 30 heavy (non-hydrogen) atoms. The van der Waals surface area contributed by atoms with Gasteiger partial charge in [-0.2, -0.15) is 0 Å². The van der Waals surface area contributed by atoms with Crippen LogP contribution in [0.1, 0.15) is 73.7 Å². The van der Waals surface area contributed by atoms with E-state index in [0.717, 1.165) is 51.4 Å². The third-order valence-corrected chi connectivity index (χ3v) is 7.17. The second-order valence-electron chi connectivity index (χ2n) is 8.51. The zero-order valence-electron chi connectivity index (χ0n) is 17.3. The lowest BCUT2D eigenvalue weighted by Gasteiger charge is -2.51. The number of halogens is 1. The fourth-order valence-corrected chi connectivity index (χ4v) is 4.96. The number of nitrogens with one attached hydrogen (secondary N) is 1. The van der Waals surface area contributed by atoms with Crippen molar-refractivity contribution in [3.63, 3.8) is 0 Å². The quantitative estimate of drug-likeness (QED) is 0.113. The van der Waals surface area contributed by atoms with Crippen LogP contribution in [-0.4, -0.2) is 42.2 Å². The fraction of sp³-hybridized carbons (Fsp3) is 0.619. The van der Waals surface area contributed by atoms with Gasteiger partial charge in [-0.3, -0.25) is 9.79 Å². The predicted molar refractivity (Wildman–Crippen MR) is 119 cm³/mol. The van der Waals surface area contributed by atoms with Crippen LogP contribution in [0.3, 0.4) is 0 Å². The number of benzene rings is 1. The van der Waals surface area contributed by atoms with Crippen LogP contribution >= 0.6 is 11.6 Å². The van der Waals surface area contributed by atoms with E-state index in [1.54, 1.807) is 0 Å². The van der Waals surface area contributed by atoms with Gasteiger partial charge in [0.1, 0.15) is 6.23 Å². The summed E-state index contributed by atoms with van der Waals surface area (Å²) in [5.74, 6) is -0.173. The highest BCUT2D eigenvalue weighted by Crippen LogP contribution is 2.56. The monoisotopic (exact) mass is 433 g/mol. The summed E-state index contributed by atoms with van der Waals surface area (Å²) in [5, 5.41) is 11.8. The molecule has 1 aromatic rings. The van der Waals surface area contributed by atoms with Gasteiger partial charge < -0.3 is 26.5 Å². The molecule has 1 radical (unpaired) electrons. The molecule has 0 aromatic heterocycles. The van der Waals surface area contributed by atoms with Gasteiger partial charge in [0, 0.05) is 17.0 Å². The molecule has 2 bridgehead atoms. The van der Waals surface area contributed by atoms with Gasteiger partial charge in [-0.15, -0.1) is 11.6 Å². The minimum atomic E-state index is -0.617. The number of nitrogens with zero attached hydrogens (tertiary/aromatic N) is 1. The number of alkyl halides is 1. The second kappa shape index (κ2) is 10.0. The Morgan fingerprint density at radius 3 is 2.37 bits per heavy atom. The summed E-state index contributed by atoms with van der Waals surface area (Å²) >= 11 is 6.65. The van der Waals surface area contributed by atoms with Gasteiger partial charge in [0.15, 0.2) is 5.96 Å². The molecule has 1 amide bonds. The van der Waals surface area contributed by atoms with Crippen molar-refractivity contribution in [3.8, 4) is 0 Å². The Hall–Kier alpha value is -1.77. The number of rotatable bonds is 10. The number of carbonyl (C=O) groups excluding carboxylic acids is 1. The number of nitrogens with two attached hydrogens (primary N) is 2. The molecule has 9 heteroatoms. The number of guanidine groups is 1. The maximum atomic E-state index is 12.6. The highest BCUT2D eigenvalue weighted by Gasteiger charge is 2.48. The highest BCUT2D eigenvalue weighted by molar-refractivity contribution is 6.24. The van der Waals surface area contributed by atoms with Crippen molar-refractivity contribution >= 4 is 31.2 Å². The Bertz CT molecular complexity index is 731. The average Bonchev–Trinajstić information content (AvgIpc) is 2.74. The summed E-state index contributed by atoms with van der Waals surface area (Å²) < 4.78 is 5.13. The topological polar surface area (TPSA) is 123 Å². The zero-order chi connectivity index (χ0) is 21.6. The smallest absolute Gasteiger partial charge is 0.429 e. The van der Waals surface area contributed by atoms with Gasteiger partial charge in [-0.1, -0.05) is 12.1 Å². The number of amides is 1. The largest absolute Gasteiger partial charge is 0.486 e. The minimum absolute atomic E-state index is 0.0174. The van der Waals surface area contributed by atoms with Crippen LogP contribution in [0, 0.1) is 0 Å². The molecule has 1 aromatic carbocycles. The second-order valence-corrected chi connectivity index (χ2v) is 9.32. The van der Waals surface area contributed by atoms with Crippen molar-refractivity contribution < 1.29 is 14.5 Å². The lowest BCUT2D eigenvalue weighted by molar-refractivity contribution is 0.0791. The molecule has 6 N–H and O–H groups in total. The van der Waals surface area contributed by atoms with Crippen molar-refractivity contribution in [2.24, 2.45) is 16.5 Å². The van der Waals surface area contributed by atoms with Gasteiger partial charge in [-0.25, -0.2) is 0 Å². The molecule has 163 valence electrons. The highest BCUT2D eigenvalue weighted by atomic mass is 35.5. The predicted octanol–water partition coefficient (Wildman–Crippen LogP) is 2.31. The van der Waals surface area contributed by atoms with Crippen LogP contribution in [0.5, 0.6) is 0 Å². The molecule has 7 nitrogen and oxygen atoms in total. The van der Waals surface area contributed by atoms with Gasteiger partial charge >= 0.3 is 7.69 Å². The number of hydrogen-bond acceptors (Lipinski definition) is 4. The fourth-order valence-electron chi connectivity index (χ4n) is 4.68. The van der Waals surface area contributed by atoms with E-state index in [2.05, 4.69) is 22.4 Å². The first-order valence-electron chi connectivity index (χ1n) is 10.6. The van der Waals surface area contributed by atoms with E-state index in [4.69, 9.17) is 32.7 Å². The van der Waals surface area contributed by atoms with E-state index >= 15 is 0 Å². The Morgan fingerprint density at radius 2 is 1.80 bits per heavy atom. The van der Waals surface area contributed by atoms with E-state index < -0.39 is 6.23 Å². The number of carbonyl (C=O) groups is 1. The van der Waals surface area contributed by atoms with Crippen molar-refractivity contribution in [3.05, 3.63) is 35.4 Å². The summed E-state index contributed by atoms with van der Waals surface area (Å²) in [6.07, 6.45) is 7.94. The molecular weight excluding hydrogens is 403 g/mol. The van der Waals surface area contributed by atoms with E-state index in [1.807, 2.05) is 12.1 Å². The van der Waals surface area contributed by atoms with Crippen molar-refractivity contribution in [2.45, 2.75) is 74.3 Å². The number of aliphatic imine (C=N–C) groups is 1. The third-order valence-electron chi connectivity index (χ3n) is 6.60. The number of fused-ring (bicyclic) bond motifs is 3. The van der Waals surface area contributed by atoms with Crippen LogP contribution in [0.15, 0.2) is 29.3 Å². The van der Waals surface area contributed by atoms with Crippen LogP contribution in [0.2, 0.25) is 0 Å². The summed E-state index contributed by atoms with van der Waals surface area (Å²) in [6.45, 7) is 0.514.